The van der Waals surface area contributed by atoms with Crippen molar-refractivity contribution in [2.45, 2.75) is 25.4 Å². The molecule has 2 aromatic carbocycles. The Morgan fingerprint density at radius 2 is 1.69 bits per heavy atom. The molecule has 0 radical (unpaired) electrons. The van der Waals surface area contributed by atoms with E-state index in [-0.39, 0.29) is 5.91 Å². The van der Waals surface area contributed by atoms with Gasteiger partial charge >= 0.3 is 0 Å². The van der Waals surface area contributed by atoms with Crippen molar-refractivity contribution in [1.29, 1.82) is 0 Å². The number of aliphatic imine (C=N–C) groups is 1. The monoisotopic (exact) mass is 393 g/mol. The van der Waals surface area contributed by atoms with Crippen molar-refractivity contribution in [2.75, 3.05) is 33.2 Å². The zero-order valence-corrected chi connectivity index (χ0v) is 17.1. The number of carbonyl (C=O) groups is 1. The molecule has 1 unspecified atom stereocenters. The highest BCUT2D eigenvalue weighted by Gasteiger charge is 2.24. The van der Waals surface area contributed by atoms with Crippen molar-refractivity contribution < 1.29 is 4.79 Å². The molecule has 1 heterocycles. The van der Waals surface area contributed by atoms with Gasteiger partial charge in [0.2, 0.25) is 0 Å². The van der Waals surface area contributed by atoms with Gasteiger partial charge in [-0.1, -0.05) is 48.5 Å². The van der Waals surface area contributed by atoms with Gasteiger partial charge in [-0.3, -0.25) is 14.7 Å². The average Bonchev–Trinajstić information content (AvgIpc) is 3.21. The SMILES string of the molecule is CN=C(NCCNC(=O)c1ccccc1)NCC1CCCN1Cc1ccccc1. The van der Waals surface area contributed by atoms with E-state index in [9.17, 15) is 4.79 Å². The summed E-state index contributed by atoms with van der Waals surface area (Å²) >= 11 is 0. The number of rotatable bonds is 8. The highest BCUT2D eigenvalue weighted by atomic mass is 16.1. The minimum Gasteiger partial charge on any atom is -0.355 e. The maximum atomic E-state index is 12.1. The molecule has 0 aromatic heterocycles. The lowest BCUT2D eigenvalue weighted by Crippen LogP contribution is -2.46. The van der Waals surface area contributed by atoms with Crippen molar-refractivity contribution >= 4 is 11.9 Å². The Balaban J connectivity index is 1.37. The van der Waals surface area contributed by atoms with E-state index < -0.39 is 0 Å². The summed E-state index contributed by atoms with van der Waals surface area (Å²) in [6.45, 7) is 4.15. The van der Waals surface area contributed by atoms with Crippen LogP contribution in [0.3, 0.4) is 0 Å². The minimum atomic E-state index is -0.0575. The summed E-state index contributed by atoms with van der Waals surface area (Å²) < 4.78 is 0. The van der Waals surface area contributed by atoms with Crippen LogP contribution < -0.4 is 16.0 Å². The average molecular weight is 394 g/mol. The number of carbonyl (C=O) groups excluding carboxylic acids is 1. The lowest BCUT2D eigenvalue weighted by Gasteiger charge is -2.25. The molecule has 0 aliphatic carbocycles. The van der Waals surface area contributed by atoms with Crippen LogP contribution in [-0.2, 0) is 6.54 Å². The van der Waals surface area contributed by atoms with E-state index in [1.165, 1.54) is 18.4 Å². The Hall–Kier alpha value is -2.86. The van der Waals surface area contributed by atoms with E-state index in [0.717, 1.165) is 25.6 Å². The number of likely N-dealkylation sites (tertiary alicyclic amines) is 1. The number of nitrogens with zero attached hydrogens (tertiary/aromatic N) is 2. The van der Waals surface area contributed by atoms with Crippen LogP contribution in [0.4, 0.5) is 0 Å². The first-order valence-electron chi connectivity index (χ1n) is 10.3. The Kier molecular flexibility index (Phi) is 8.07. The standard InChI is InChI=1S/C23H31N5O/c1-24-23(26-15-14-25-22(29)20-11-6-3-7-12-20)27-17-21-13-8-16-28(21)18-19-9-4-2-5-10-19/h2-7,9-12,21H,8,13-18H2,1H3,(H,25,29)(H2,24,26,27). The van der Waals surface area contributed by atoms with Gasteiger partial charge in [-0.25, -0.2) is 0 Å². The molecule has 3 N–H and O–H groups in total. The van der Waals surface area contributed by atoms with Crippen LogP contribution >= 0.6 is 0 Å². The van der Waals surface area contributed by atoms with Gasteiger partial charge in [-0.05, 0) is 37.1 Å². The van der Waals surface area contributed by atoms with E-state index in [2.05, 4.69) is 56.2 Å². The number of hydrogen-bond acceptors (Lipinski definition) is 3. The molecule has 1 saturated heterocycles. The van der Waals surface area contributed by atoms with E-state index >= 15 is 0 Å². The van der Waals surface area contributed by atoms with Gasteiger partial charge < -0.3 is 16.0 Å². The predicted molar refractivity (Wildman–Crippen MR) is 118 cm³/mol. The molecule has 29 heavy (non-hydrogen) atoms. The Morgan fingerprint density at radius 1 is 1.00 bits per heavy atom. The largest absolute Gasteiger partial charge is 0.355 e. The fourth-order valence-electron chi connectivity index (χ4n) is 3.64. The van der Waals surface area contributed by atoms with Gasteiger partial charge in [0, 0.05) is 44.8 Å². The topological polar surface area (TPSA) is 68.8 Å². The summed E-state index contributed by atoms with van der Waals surface area (Å²) in [6, 6.07) is 20.4. The molecule has 2 aromatic rings. The lowest BCUT2D eigenvalue weighted by atomic mass is 10.2. The Morgan fingerprint density at radius 3 is 2.41 bits per heavy atom. The van der Waals surface area contributed by atoms with Gasteiger partial charge in [-0.2, -0.15) is 0 Å². The highest BCUT2D eigenvalue weighted by Crippen LogP contribution is 2.19. The molecule has 3 rings (SSSR count). The third-order valence-corrected chi connectivity index (χ3v) is 5.20. The van der Waals surface area contributed by atoms with Crippen LogP contribution in [0.1, 0.15) is 28.8 Å². The third kappa shape index (κ3) is 6.61. The molecule has 0 saturated carbocycles. The van der Waals surface area contributed by atoms with Crippen molar-refractivity contribution in [2.24, 2.45) is 4.99 Å². The summed E-state index contributed by atoms with van der Waals surface area (Å²) in [5, 5.41) is 9.62. The summed E-state index contributed by atoms with van der Waals surface area (Å²) in [6.07, 6.45) is 2.43. The van der Waals surface area contributed by atoms with Crippen LogP contribution in [0.15, 0.2) is 65.7 Å². The quantitative estimate of drug-likeness (QED) is 0.366. The molecule has 1 amide bonds. The number of hydrogen-bond donors (Lipinski definition) is 3. The first-order chi connectivity index (χ1) is 14.3. The Bertz CT molecular complexity index is 778. The predicted octanol–water partition coefficient (Wildman–Crippen LogP) is 2.25. The molecule has 0 bridgehead atoms. The normalized spacial score (nSPS) is 17.1. The molecule has 1 aliphatic heterocycles. The van der Waals surface area contributed by atoms with Crippen molar-refractivity contribution in [3.8, 4) is 0 Å². The van der Waals surface area contributed by atoms with E-state index in [4.69, 9.17) is 0 Å². The fraction of sp³-hybridized carbons (Fsp3) is 0.391. The summed E-state index contributed by atoms with van der Waals surface area (Å²) in [4.78, 5) is 18.9. The molecular formula is C23H31N5O. The molecule has 0 spiro atoms. The highest BCUT2D eigenvalue weighted by molar-refractivity contribution is 5.94. The van der Waals surface area contributed by atoms with Crippen molar-refractivity contribution in [1.82, 2.24) is 20.9 Å². The second kappa shape index (κ2) is 11.2. The van der Waals surface area contributed by atoms with Crippen molar-refractivity contribution in [3.05, 3.63) is 71.8 Å². The van der Waals surface area contributed by atoms with Gasteiger partial charge in [0.25, 0.3) is 5.91 Å². The van der Waals surface area contributed by atoms with Crippen molar-refractivity contribution in [3.63, 3.8) is 0 Å². The number of benzene rings is 2. The molecule has 1 atom stereocenters. The Labute approximate surface area is 173 Å². The zero-order chi connectivity index (χ0) is 20.3. The van der Waals surface area contributed by atoms with Gasteiger partial charge in [0.15, 0.2) is 5.96 Å². The van der Waals surface area contributed by atoms with E-state index in [1.54, 1.807) is 7.05 Å². The summed E-state index contributed by atoms with van der Waals surface area (Å²) in [7, 11) is 1.77. The van der Waals surface area contributed by atoms with E-state index in [1.807, 2.05) is 30.3 Å². The summed E-state index contributed by atoms with van der Waals surface area (Å²) in [5.74, 6) is 0.711. The molecule has 6 heteroatoms. The third-order valence-electron chi connectivity index (χ3n) is 5.20. The second-order valence-electron chi connectivity index (χ2n) is 7.25. The number of guanidine groups is 1. The minimum absolute atomic E-state index is 0.0575. The molecule has 1 aliphatic rings. The second-order valence-corrected chi connectivity index (χ2v) is 7.25. The maximum absolute atomic E-state index is 12.1. The smallest absolute Gasteiger partial charge is 0.251 e. The van der Waals surface area contributed by atoms with Crippen LogP contribution in [-0.4, -0.2) is 56.0 Å². The van der Waals surface area contributed by atoms with Gasteiger partial charge in [0.1, 0.15) is 0 Å². The molecule has 1 fully saturated rings. The molecule has 154 valence electrons. The van der Waals surface area contributed by atoms with Crippen LogP contribution in [0.5, 0.6) is 0 Å². The fourth-order valence-corrected chi connectivity index (χ4v) is 3.64. The van der Waals surface area contributed by atoms with Crippen LogP contribution in [0, 0.1) is 0 Å². The first kappa shape index (κ1) is 20.9. The number of nitrogens with one attached hydrogen (secondary N) is 3. The van der Waals surface area contributed by atoms with Gasteiger partial charge in [-0.15, -0.1) is 0 Å². The lowest BCUT2D eigenvalue weighted by molar-refractivity contribution is 0.0954. The van der Waals surface area contributed by atoms with Crippen LogP contribution in [0.25, 0.3) is 0 Å². The number of amides is 1. The van der Waals surface area contributed by atoms with Gasteiger partial charge in [0.05, 0.1) is 0 Å². The maximum Gasteiger partial charge on any atom is 0.251 e. The molecule has 6 nitrogen and oxygen atoms in total. The summed E-state index contributed by atoms with van der Waals surface area (Å²) in [5.41, 5.74) is 2.03. The molecular weight excluding hydrogens is 362 g/mol. The zero-order valence-electron chi connectivity index (χ0n) is 17.1. The van der Waals surface area contributed by atoms with E-state index in [0.29, 0.717) is 24.7 Å². The van der Waals surface area contributed by atoms with Crippen LogP contribution in [0.2, 0.25) is 0 Å². The first-order valence-corrected chi connectivity index (χ1v) is 10.3.